The first-order chi connectivity index (χ1) is 16.8. The predicted octanol–water partition coefficient (Wildman–Crippen LogP) is 3.05. The highest BCUT2D eigenvalue weighted by Gasteiger charge is 2.39. The molecule has 1 fully saturated rings. The Morgan fingerprint density at radius 1 is 1.32 bits per heavy atom. The van der Waals surface area contributed by atoms with Gasteiger partial charge < -0.3 is 20.4 Å². The second kappa shape index (κ2) is 9.96. The first-order valence-electron chi connectivity index (χ1n) is 12.9. The summed E-state index contributed by atoms with van der Waals surface area (Å²) in [6.45, 7) is 5.20. The van der Waals surface area contributed by atoms with Crippen molar-refractivity contribution in [2.24, 2.45) is 11.8 Å². The molecular formula is C25H32N2O4. The summed E-state index contributed by atoms with van der Waals surface area (Å²) in [6.07, 6.45) is 0.644. The number of carboxylic acids is 1. The summed E-state index contributed by atoms with van der Waals surface area (Å²) in [7, 11) is 0. The second-order valence-corrected chi connectivity index (χ2v) is 8.49. The molecule has 0 spiro atoms. The van der Waals surface area contributed by atoms with Crippen LogP contribution < -0.4 is 5.32 Å². The van der Waals surface area contributed by atoms with Crippen molar-refractivity contribution >= 4 is 11.9 Å². The predicted molar refractivity (Wildman–Crippen MR) is 120 cm³/mol. The number of hydrogen-bond donors (Lipinski definition) is 3. The first kappa shape index (κ1) is 16.8. The molecular weight excluding hydrogens is 392 g/mol. The lowest BCUT2D eigenvalue weighted by atomic mass is 9.68. The number of aromatic hydroxyl groups is 1. The molecule has 3 N–H and O–H groups in total. The van der Waals surface area contributed by atoms with Crippen LogP contribution in [0.2, 0.25) is 0 Å². The molecule has 0 aliphatic carbocycles. The molecule has 1 aliphatic heterocycles. The number of likely N-dealkylation sites (tertiary alicyclic amines) is 1. The number of hydrogen-bond acceptors (Lipinski definition) is 4. The molecule has 1 aliphatic rings. The topological polar surface area (TPSA) is 89.9 Å². The van der Waals surface area contributed by atoms with Crippen molar-refractivity contribution in [3.63, 3.8) is 0 Å². The number of nitrogens with zero attached hydrogens (tertiary/aromatic N) is 1. The van der Waals surface area contributed by atoms with Crippen LogP contribution in [0.1, 0.15) is 38.2 Å². The Kier molecular flexibility index (Phi) is 5.40. The summed E-state index contributed by atoms with van der Waals surface area (Å²) in [5, 5.41) is 21.3. The van der Waals surface area contributed by atoms with E-state index in [1.807, 2.05) is 12.1 Å². The standard InChI is InChI=1S/C25H32N2O4/c1-18-16-27(12-11-25(18,2)21-9-6-10-22(28)14-21)17-20(24(31)26-15-23(29)30)13-19-7-4-3-5-8-19/h3-10,14,18,20,28H,11-13,15-17H2,1-2H3,(H,26,31)(H,29,30)/t18-,20?,25+/m0/s1/i3D,4D,5D,7D,8D. The Bertz CT molecular complexity index is 1130. The summed E-state index contributed by atoms with van der Waals surface area (Å²) < 4.78 is 40.1. The van der Waals surface area contributed by atoms with Crippen LogP contribution >= 0.6 is 0 Å². The molecule has 6 heteroatoms. The maximum Gasteiger partial charge on any atom is 0.322 e. The number of amides is 1. The Morgan fingerprint density at radius 2 is 2.06 bits per heavy atom. The lowest BCUT2D eigenvalue weighted by molar-refractivity contribution is -0.138. The third-order valence-corrected chi connectivity index (χ3v) is 6.34. The largest absolute Gasteiger partial charge is 0.508 e. The van der Waals surface area contributed by atoms with Gasteiger partial charge in [-0.2, -0.15) is 0 Å². The van der Waals surface area contributed by atoms with Crippen LogP contribution in [0.3, 0.4) is 0 Å². The Balaban J connectivity index is 1.84. The van der Waals surface area contributed by atoms with Gasteiger partial charge >= 0.3 is 5.97 Å². The van der Waals surface area contributed by atoms with Crippen molar-refractivity contribution in [3.8, 4) is 5.75 Å². The minimum atomic E-state index is -1.20. The Hall–Kier alpha value is -2.86. The molecule has 0 radical (unpaired) electrons. The minimum Gasteiger partial charge on any atom is -0.508 e. The molecule has 2 aromatic carbocycles. The van der Waals surface area contributed by atoms with Crippen LogP contribution in [-0.2, 0) is 21.4 Å². The van der Waals surface area contributed by atoms with Gasteiger partial charge in [-0.25, -0.2) is 0 Å². The van der Waals surface area contributed by atoms with Gasteiger partial charge in [0.15, 0.2) is 0 Å². The molecule has 31 heavy (non-hydrogen) atoms. The zero-order chi connectivity index (χ0) is 26.8. The summed E-state index contributed by atoms with van der Waals surface area (Å²) in [5.41, 5.74) is 0.874. The van der Waals surface area contributed by atoms with E-state index in [2.05, 4.69) is 24.1 Å². The zero-order valence-electron chi connectivity index (χ0n) is 22.9. The molecule has 3 rings (SSSR count). The van der Waals surface area contributed by atoms with E-state index in [1.54, 1.807) is 12.1 Å². The molecule has 6 nitrogen and oxygen atoms in total. The molecule has 0 aromatic heterocycles. The van der Waals surface area contributed by atoms with Crippen LogP contribution in [-0.4, -0.2) is 53.2 Å². The van der Waals surface area contributed by atoms with E-state index in [0.717, 1.165) is 12.0 Å². The van der Waals surface area contributed by atoms with E-state index in [0.29, 0.717) is 13.1 Å². The van der Waals surface area contributed by atoms with E-state index in [4.69, 9.17) is 12.0 Å². The number of piperidine rings is 1. The van der Waals surface area contributed by atoms with Gasteiger partial charge in [0, 0.05) is 13.1 Å². The molecule has 166 valence electrons. The average molecular weight is 430 g/mol. The molecule has 2 aromatic rings. The van der Waals surface area contributed by atoms with Crippen molar-refractivity contribution in [3.05, 3.63) is 65.6 Å². The van der Waals surface area contributed by atoms with Gasteiger partial charge in [-0.3, -0.25) is 9.59 Å². The van der Waals surface area contributed by atoms with Gasteiger partial charge in [0.25, 0.3) is 0 Å². The Labute approximate surface area is 190 Å². The number of benzene rings is 2. The fraction of sp³-hybridized carbons (Fsp3) is 0.440. The number of phenolic OH excluding ortho intramolecular Hbond substituents is 1. The third-order valence-electron chi connectivity index (χ3n) is 6.34. The minimum absolute atomic E-state index is 0.0335. The van der Waals surface area contributed by atoms with E-state index < -0.39 is 42.5 Å². The number of aliphatic carboxylic acids is 1. The molecule has 1 heterocycles. The number of carbonyl (C=O) groups is 2. The maximum atomic E-state index is 13.0. The highest BCUT2D eigenvalue weighted by Crippen LogP contribution is 2.40. The van der Waals surface area contributed by atoms with Gasteiger partial charge in [0.1, 0.15) is 12.3 Å². The van der Waals surface area contributed by atoms with Crippen LogP contribution in [0, 0.1) is 11.8 Å². The SMILES string of the molecule is [2H]c1c([2H])c([2H])c(CC(CN2CC[C@@](C)(c3cccc(O)c3)[C@@H](C)C2)C(=O)NCC(=O)O)c([2H])c1[2H]. The molecule has 0 bridgehead atoms. The average Bonchev–Trinajstić information content (AvgIpc) is 2.84. The number of phenols is 1. The van der Waals surface area contributed by atoms with E-state index >= 15 is 0 Å². The van der Waals surface area contributed by atoms with Crippen molar-refractivity contribution < 1.29 is 26.7 Å². The summed E-state index contributed by atoms with van der Waals surface area (Å²) >= 11 is 0. The number of carboxylic acid groups (broad SMARTS) is 1. The summed E-state index contributed by atoms with van der Waals surface area (Å²) in [6, 6.07) is 5.05. The van der Waals surface area contributed by atoms with Crippen molar-refractivity contribution in [2.45, 2.75) is 32.1 Å². The first-order valence-corrected chi connectivity index (χ1v) is 10.4. The monoisotopic (exact) mass is 429 g/mol. The molecule has 1 amide bonds. The van der Waals surface area contributed by atoms with Crippen LogP contribution in [0.15, 0.2) is 54.5 Å². The number of rotatable bonds is 8. The highest BCUT2D eigenvalue weighted by atomic mass is 16.4. The van der Waals surface area contributed by atoms with E-state index in [9.17, 15) is 14.7 Å². The maximum absolute atomic E-state index is 13.0. The smallest absolute Gasteiger partial charge is 0.322 e. The van der Waals surface area contributed by atoms with Crippen LogP contribution in [0.25, 0.3) is 0 Å². The lowest BCUT2D eigenvalue weighted by Crippen LogP contribution is -2.50. The summed E-state index contributed by atoms with van der Waals surface area (Å²) in [4.78, 5) is 26.1. The quantitative estimate of drug-likeness (QED) is 0.600. The highest BCUT2D eigenvalue weighted by molar-refractivity contribution is 5.83. The lowest BCUT2D eigenvalue weighted by Gasteiger charge is -2.45. The van der Waals surface area contributed by atoms with E-state index in [-0.39, 0.29) is 47.7 Å². The van der Waals surface area contributed by atoms with Gasteiger partial charge in [-0.05, 0) is 54.0 Å². The molecule has 3 atom stereocenters. The molecule has 0 saturated carbocycles. The van der Waals surface area contributed by atoms with E-state index in [1.165, 1.54) is 0 Å². The third kappa shape index (κ3) is 5.85. The molecule has 1 unspecified atom stereocenters. The molecule has 1 saturated heterocycles. The zero-order valence-corrected chi connectivity index (χ0v) is 17.9. The van der Waals surface area contributed by atoms with Gasteiger partial charge in [-0.15, -0.1) is 0 Å². The van der Waals surface area contributed by atoms with Crippen molar-refractivity contribution in [1.82, 2.24) is 10.2 Å². The van der Waals surface area contributed by atoms with Crippen LogP contribution in [0.5, 0.6) is 5.75 Å². The fourth-order valence-corrected chi connectivity index (χ4v) is 4.26. The van der Waals surface area contributed by atoms with Crippen molar-refractivity contribution in [2.75, 3.05) is 26.2 Å². The van der Waals surface area contributed by atoms with Crippen LogP contribution in [0.4, 0.5) is 0 Å². The Morgan fingerprint density at radius 3 is 2.71 bits per heavy atom. The van der Waals surface area contributed by atoms with Gasteiger partial charge in [0.05, 0.1) is 12.8 Å². The van der Waals surface area contributed by atoms with Gasteiger partial charge in [0.2, 0.25) is 5.91 Å². The number of carbonyl (C=O) groups excluding carboxylic acids is 1. The number of nitrogens with one attached hydrogen (secondary N) is 1. The summed E-state index contributed by atoms with van der Waals surface area (Å²) in [5.74, 6) is -2.18. The van der Waals surface area contributed by atoms with Gasteiger partial charge in [-0.1, -0.05) is 56.2 Å². The fourth-order valence-electron chi connectivity index (χ4n) is 4.26. The normalized spacial score (nSPS) is 24.8. The van der Waals surface area contributed by atoms with Crippen molar-refractivity contribution in [1.29, 1.82) is 0 Å². The second-order valence-electron chi connectivity index (χ2n) is 8.49.